The van der Waals surface area contributed by atoms with E-state index >= 15 is 0 Å². The second kappa shape index (κ2) is 11.7. The molecule has 0 spiro atoms. The fourth-order valence-corrected chi connectivity index (χ4v) is 9.28. The van der Waals surface area contributed by atoms with E-state index in [2.05, 4.69) is 38.9 Å². The van der Waals surface area contributed by atoms with Crippen molar-refractivity contribution in [1.82, 2.24) is 30.4 Å². The van der Waals surface area contributed by atoms with Gasteiger partial charge in [0.15, 0.2) is 25.5 Å². The number of allylic oxidation sites excluding steroid dienone is 2. The number of hydrogen-bond donors (Lipinski definition) is 1. The molecule has 0 saturated carbocycles. The van der Waals surface area contributed by atoms with Gasteiger partial charge in [-0.3, -0.25) is 0 Å². The van der Waals surface area contributed by atoms with Gasteiger partial charge >= 0.3 is 0 Å². The number of hydrogen-bond acceptors (Lipinski definition) is 8. The highest BCUT2D eigenvalue weighted by Crippen LogP contribution is 2.55. The van der Waals surface area contributed by atoms with Crippen molar-refractivity contribution in [3.63, 3.8) is 0 Å². The van der Waals surface area contributed by atoms with Gasteiger partial charge < -0.3 is 18.1 Å². The number of aromatic amines is 1. The van der Waals surface area contributed by atoms with E-state index in [1.54, 1.807) is 23.0 Å². The predicted molar refractivity (Wildman–Crippen MR) is 160 cm³/mol. The molecule has 12 heteroatoms. The summed E-state index contributed by atoms with van der Waals surface area (Å²) >= 11 is 0. The van der Waals surface area contributed by atoms with Gasteiger partial charge in [0.1, 0.15) is 0 Å². The van der Waals surface area contributed by atoms with Crippen molar-refractivity contribution in [3.05, 3.63) is 37.7 Å². The molecule has 1 atom stereocenters. The van der Waals surface area contributed by atoms with Gasteiger partial charge in [-0.1, -0.05) is 30.5 Å². The Morgan fingerprint density at radius 3 is 1.66 bits per heavy atom. The van der Waals surface area contributed by atoms with Gasteiger partial charge in [-0.25, -0.2) is 4.68 Å². The molecule has 0 radical (unpaired) electrons. The van der Waals surface area contributed by atoms with Gasteiger partial charge in [0, 0.05) is 0 Å². The standard InChI is InChI=1S/C26H46N6O4P2/c1-14-16-37(33-23(3,4)5,21-18-27-30-28-21)36-26(12,13)20-32-19-22(29-31-32)38(17-15-2,34-24(6,7)8)35-25(9,10)11/h14-19H,1-2,20H2,3-13H3,(H,27,28,30). The van der Waals surface area contributed by atoms with Gasteiger partial charge in [-0.2, -0.15) is 15.4 Å². The lowest BCUT2D eigenvalue weighted by atomic mass is 10.1. The number of H-pyrrole nitrogens is 1. The summed E-state index contributed by atoms with van der Waals surface area (Å²) in [7, 11) is -5.64. The van der Waals surface area contributed by atoms with Crippen LogP contribution >= 0.6 is 14.7 Å². The Kier molecular flexibility index (Phi) is 10.0. The molecule has 2 aromatic heterocycles. The fourth-order valence-electron chi connectivity index (χ4n) is 3.64. The summed E-state index contributed by atoms with van der Waals surface area (Å²) in [6, 6.07) is 0. The highest BCUT2D eigenvalue weighted by atomic mass is 31.2. The van der Waals surface area contributed by atoms with Crippen LogP contribution < -0.4 is 10.9 Å². The van der Waals surface area contributed by atoms with Gasteiger partial charge in [0.25, 0.3) is 0 Å². The maximum absolute atomic E-state index is 6.77. The van der Waals surface area contributed by atoms with E-state index in [-0.39, 0.29) is 0 Å². The van der Waals surface area contributed by atoms with E-state index in [1.807, 2.05) is 94.0 Å². The molecule has 38 heavy (non-hydrogen) atoms. The van der Waals surface area contributed by atoms with Crippen molar-refractivity contribution in [2.75, 3.05) is 0 Å². The van der Waals surface area contributed by atoms with E-state index in [0.717, 1.165) is 0 Å². The van der Waals surface area contributed by atoms with Crippen LogP contribution in [0, 0.1) is 0 Å². The minimum absolute atomic E-state index is 0.372. The summed E-state index contributed by atoms with van der Waals surface area (Å²) in [4.78, 5) is 0. The maximum atomic E-state index is 6.77. The molecular formula is C26H46N6O4P2. The molecule has 2 rings (SSSR count). The monoisotopic (exact) mass is 568 g/mol. The average Bonchev–Trinajstić information content (AvgIpc) is 3.35. The van der Waals surface area contributed by atoms with Crippen molar-refractivity contribution in [2.45, 2.75) is 105 Å². The van der Waals surface area contributed by atoms with Crippen LogP contribution in [0.5, 0.6) is 0 Å². The molecule has 1 N–H and O–H groups in total. The molecule has 1 unspecified atom stereocenters. The number of nitrogens with zero attached hydrogens (tertiary/aromatic N) is 5. The minimum atomic E-state index is -2.84. The molecule has 0 aliphatic carbocycles. The quantitative estimate of drug-likeness (QED) is 0.366. The summed E-state index contributed by atoms with van der Waals surface area (Å²) in [5.74, 6) is 3.71. The lowest BCUT2D eigenvalue weighted by molar-refractivity contribution is 0.0506. The first kappa shape index (κ1) is 32.4. The number of nitrogens with one attached hydrogen (secondary N) is 1. The highest BCUT2D eigenvalue weighted by molar-refractivity contribution is 7.73. The predicted octanol–water partition coefficient (Wildman–Crippen LogP) is 5.26. The second-order valence-electron chi connectivity index (χ2n) is 12.5. The maximum Gasteiger partial charge on any atom is 0.177 e. The molecule has 2 aromatic rings. The third kappa shape index (κ3) is 9.44. The minimum Gasteiger partial charge on any atom is -0.327 e. The van der Waals surface area contributed by atoms with Crippen molar-refractivity contribution in [2.24, 2.45) is 0 Å². The Hall–Kier alpha value is -1.80. The SMILES string of the molecule is C=CC=P(OC(C)(C)C)(OC(C)(C)C)c1cn(CC(C)(C)OP(=CC=C)(OC(C)(C)C)c2cn[nH]n2)nn1. The molecule has 0 aromatic carbocycles. The van der Waals surface area contributed by atoms with Crippen LogP contribution in [0.3, 0.4) is 0 Å². The normalized spacial score (nSPS) is 15.1. The number of aromatic nitrogens is 6. The van der Waals surface area contributed by atoms with Crippen molar-refractivity contribution in [1.29, 1.82) is 0 Å². The van der Waals surface area contributed by atoms with Crippen LogP contribution in [-0.4, -0.2) is 64.4 Å². The second-order valence-corrected chi connectivity index (χ2v) is 17.2. The molecule has 214 valence electrons. The van der Waals surface area contributed by atoms with Crippen LogP contribution in [0.25, 0.3) is 0 Å². The van der Waals surface area contributed by atoms with Gasteiger partial charge in [-0.05, 0) is 87.8 Å². The first-order valence-electron chi connectivity index (χ1n) is 12.6. The lowest BCUT2D eigenvalue weighted by Crippen LogP contribution is -2.35. The van der Waals surface area contributed by atoms with E-state index in [1.165, 1.54) is 0 Å². The first-order chi connectivity index (χ1) is 17.2. The van der Waals surface area contributed by atoms with Crippen LogP contribution in [-0.2, 0) is 24.6 Å². The van der Waals surface area contributed by atoms with Crippen LogP contribution in [0.15, 0.2) is 37.7 Å². The van der Waals surface area contributed by atoms with E-state index in [4.69, 9.17) is 18.1 Å². The summed E-state index contributed by atoms with van der Waals surface area (Å²) in [5, 5.41) is 19.9. The molecule has 0 bridgehead atoms. The lowest BCUT2D eigenvalue weighted by Gasteiger charge is -2.37. The fraction of sp³-hybridized carbons (Fsp3) is 0.615. The molecule has 0 amide bonds. The van der Waals surface area contributed by atoms with Crippen molar-refractivity contribution in [3.8, 4) is 0 Å². The molecule has 0 fully saturated rings. The first-order valence-corrected chi connectivity index (χ1v) is 15.9. The van der Waals surface area contributed by atoms with Crippen LogP contribution in [0.4, 0.5) is 0 Å². The van der Waals surface area contributed by atoms with Gasteiger partial charge in [0.2, 0.25) is 0 Å². The van der Waals surface area contributed by atoms with Crippen molar-refractivity contribution < 1.29 is 18.1 Å². The third-order valence-corrected chi connectivity index (χ3v) is 10.5. The number of rotatable bonds is 11. The van der Waals surface area contributed by atoms with Crippen LogP contribution in [0.1, 0.15) is 76.2 Å². The molecule has 0 saturated heterocycles. The molecular weight excluding hydrogens is 522 g/mol. The van der Waals surface area contributed by atoms with Crippen LogP contribution in [0.2, 0.25) is 0 Å². The summed E-state index contributed by atoms with van der Waals surface area (Å²) in [6.45, 7) is 30.0. The molecule has 2 heterocycles. The summed E-state index contributed by atoms with van der Waals surface area (Å²) < 4.78 is 28.1. The largest absolute Gasteiger partial charge is 0.327 e. The third-order valence-electron chi connectivity index (χ3n) is 4.32. The summed E-state index contributed by atoms with van der Waals surface area (Å²) in [6.07, 6.45) is 6.85. The highest BCUT2D eigenvalue weighted by Gasteiger charge is 2.38. The summed E-state index contributed by atoms with van der Waals surface area (Å²) in [5.41, 5.74) is -1.04. The van der Waals surface area contributed by atoms with E-state index < -0.39 is 37.1 Å². The van der Waals surface area contributed by atoms with E-state index in [0.29, 0.717) is 17.4 Å². The Bertz CT molecular complexity index is 1180. The Labute approximate surface area is 228 Å². The van der Waals surface area contributed by atoms with Crippen molar-refractivity contribution >= 4 is 37.1 Å². The Morgan fingerprint density at radius 2 is 1.26 bits per heavy atom. The molecule has 0 aliphatic rings. The zero-order valence-corrected chi connectivity index (χ0v) is 26.6. The zero-order valence-electron chi connectivity index (χ0n) is 24.8. The molecule has 0 aliphatic heterocycles. The van der Waals surface area contributed by atoms with Gasteiger partial charge in [-0.15, -0.1) is 5.10 Å². The molecule has 10 nitrogen and oxygen atoms in total. The van der Waals surface area contributed by atoms with E-state index in [9.17, 15) is 0 Å². The topological polar surface area (TPSA) is 109 Å². The zero-order chi connectivity index (χ0) is 29.0. The average molecular weight is 569 g/mol. The Morgan fingerprint density at radius 1 is 0.789 bits per heavy atom. The van der Waals surface area contributed by atoms with Gasteiger partial charge in [0.05, 0.1) is 41.3 Å². The smallest absolute Gasteiger partial charge is 0.177 e. The Balaban J connectivity index is 2.51.